The van der Waals surface area contributed by atoms with Crippen molar-refractivity contribution >= 4 is 47.2 Å². The first kappa shape index (κ1) is 27.3. The van der Waals surface area contributed by atoms with Crippen LogP contribution in [0, 0.1) is 11.2 Å². The summed E-state index contributed by atoms with van der Waals surface area (Å²) in [6.07, 6.45) is 5.79. The third-order valence-corrected chi connectivity index (χ3v) is 5.65. The second-order valence-electron chi connectivity index (χ2n) is 7.91. The number of carbonyl (C=O) groups is 2. The second kappa shape index (κ2) is 14.3. The maximum Gasteiger partial charge on any atom is 0.414 e. The Kier molecular flexibility index (Phi) is 11.5. The summed E-state index contributed by atoms with van der Waals surface area (Å²) in [4.78, 5) is 25.9. The first-order valence-electron chi connectivity index (χ1n) is 11.4. The molecule has 1 aliphatic heterocycles. The zero-order valence-electron chi connectivity index (χ0n) is 19.7. The van der Waals surface area contributed by atoms with Gasteiger partial charge in [0, 0.05) is 13.5 Å². The minimum atomic E-state index is -0.556. The Bertz CT molecular complexity index is 857. The van der Waals surface area contributed by atoms with Crippen LogP contribution >= 0.6 is 12.2 Å². The van der Waals surface area contributed by atoms with Gasteiger partial charge in [-0.2, -0.15) is 0 Å². The molecule has 9 nitrogen and oxygen atoms in total. The molecule has 2 N–H and O–H groups in total. The number of nitrogens with one attached hydrogen (secondary N) is 2. The van der Waals surface area contributed by atoms with Gasteiger partial charge in [0.05, 0.1) is 44.5 Å². The Morgan fingerprint density at radius 3 is 2.68 bits per heavy atom. The monoisotopic (exact) mass is 496 g/mol. The summed E-state index contributed by atoms with van der Waals surface area (Å²) in [5.41, 5.74) is 0.679. The number of rotatable bonds is 14. The van der Waals surface area contributed by atoms with Gasteiger partial charge in [0.15, 0.2) is 0 Å². The topological polar surface area (TPSA) is 104 Å². The molecule has 1 atom stereocenters. The zero-order chi connectivity index (χ0) is 24.9. The van der Waals surface area contributed by atoms with Crippen molar-refractivity contribution in [2.45, 2.75) is 51.6 Å². The third-order valence-electron chi connectivity index (χ3n) is 5.34. The van der Waals surface area contributed by atoms with Crippen molar-refractivity contribution in [3.8, 4) is 0 Å². The standard InChI is InChI=1S/C23H33FN4O5S/c1-17(29)32-12-8-6-4-3-5-7-11-27(16-25)21-10-9-18(13-20(21)24)28-15-19(33-23(28)30)14-26-22(34)31-2/h9-10,13,16,19,25H,3-8,11-12,14-15H2,1-2H3,(H,26,34). The molecule has 0 aliphatic carbocycles. The molecule has 1 aliphatic rings. The molecule has 1 aromatic rings. The van der Waals surface area contributed by atoms with Gasteiger partial charge in [-0.05, 0) is 43.3 Å². The zero-order valence-corrected chi connectivity index (χ0v) is 20.5. The van der Waals surface area contributed by atoms with E-state index in [4.69, 9.17) is 31.8 Å². The number of cyclic esters (lactones) is 1. The lowest BCUT2D eigenvalue weighted by atomic mass is 10.1. The SMILES string of the molecule is COC(=S)NCC1CN(c2ccc(N(C=N)CCCCCCCCOC(C)=O)c(F)c2)C(=O)O1. The van der Waals surface area contributed by atoms with Crippen molar-refractivity contribution in [3.05, 3.63) is 24.0 Å². The number of thiocarbonyl (C=S) groups is 1. The molecule has 11 heteroatoms. The fourth-order valence-electron chi connectivity index (χ4n) is 3.57. The van der Waals surface area contributed by atoms with Crippen LogP contribution in [-0.4, -0.2) is 63.0 Å². The van der Waals surface area contributed by atoms with Gasteiger partial charge in [0.2, 0.25) is 0 Å². The van der Waals surface area contributed by atoms with Crippen molar-refractivity contribution in [2.24, 2.45) is 0 Å². The van der Waals surface area contributed by atoms with Crippen LogP contribution in [0.15, 0.2) is 18.2 Å². The van der Waals surface area contributed by atoms with E-state index >= 15 is 0 Å². The normalized spacial score (nSPS) is 15.0. The van der Waals surface area contributed by atoms with E-state index < -0.39 is 18.0 Å². The van der Waals surface area contributed by atoms with Gasteiger partial charge in [-0.15, -0.1) is 0 Å². The first-order valence-corrected chi connectivity index (χ1v) is 11.8. The summed E-state index contributed by atoms with van der Waals surface area (Å²) in [6, 6.07) is 4.50. The lowest BCUT2D eigenvalue weighted by Crippen LogP contribution is -2.34. The van der Waals surface area contributed by atoms with E-state index in [1.807, 2.05) is 0 Å². The van der Waals surface area contributed by atoms with Gasteiger partial charge in [0.1, 0.15) is 11.9 Å². The number of methoxy groups -OCH3 is 1. The Labute approximate surface area is 205 Å². The molecular formula is C23H33FN4O5S. The van der Waals surface area contributed by atoms with E-state index in [0.29, 0.717) is 25.4 Å². The molecule has 1 aromatic carbocycles. The number of benzene rings is 1. The summed E-state index contributed by atoms with van der Waals surface area (Å²) in [6.45, 7) is 2.93. The summed E-state index contributed by atoms with van der Waals surface area (Å²) in [7, 11) is 1.45. The van der Waals surface area contributed by atoms with Crippen molar-refractivity contribution in [3.63, 3.8) is 0 Å². The maximum absolute atomic E-state index is 14.9. The highest BCUT2D eigenvalue weighted by atomic mass is 32.1. The second-order valence-corrected chi connectivity index (χ2v) is 8.28. The Morgan fingerprint density at radius 2 is 2.03 bits per heavy atom. The molecular weight excluding hydrogens is 463 g/mol. The fraction of sp³-hybridized carbons (Fsp3) is 0.565. The molecule has 1 heterocycles. The Balaban J connectivity index is 1.80. The van der Waals surface area contributed by atoms with Crippen LogP contribution < -0.4 is 15.1 Å². The molecule has 0 spiro atoms. The van der Waals surface area contributed by atoms with Crippen molar-refractivity contribution < 1.29 is 28.2 Å². The number of anilines is 2. The number of ether oxygens (including phenoxy) is 3. The minimum Gasteiger partial charge on any atom is -0.474 e. The summed E-state index contributed by atoms with van der Waals surface area (Å²) < 4.78 is 29.9. The number of nitrogens with zero attached hydrogens (tertiary/aromatic N) is 2. The molecule has 0 radical (unpaired) electrons. The first-order chi connectivity index (χ1) is 16.3. The maximum atomic E-state index is 14.9. The molecule has 1 unspecified atom stereocenters. The van der Waals surface area contributed by atoms with Crippen LogP contribution in [0.4, 0.5) is 20.6 Å². The van der Waals surface area contributed by atoms with Gasteiger partial charge in [-0.25, -0.2) is 9.18 Å². The molecule has 2 rings (SSSR count). The van der Waals surface area contributed by atoms with Gasteiger partial charge in [-0.1, -0.05) is 25.7 Å². The number of hydrogen-bond donors (Lipinski definition) is 2. The minimum absolute atomic E-state index is 0.205. The third kappa shape index (κ3) is 8.77. The van der Waals surface area contributed by atoms with Gasteiger partial charge in [0.25, 0.3) is 5.17 Å². The van der Waals surface area contributed by atoms with E-state index in [-0.39, 0.29) is 23.4 Å². The number of esters is 1. The van der Waals surface area contributed by atoms with E-state index in [1.54, 1.807) is 17.0 Å². The van der Waals surface area contributed by atoms with E-state index in [2.05, 4.69) is 5.32 Å². The van der Waals surface area contributed by atoms with Crippen molar-refractivity contribution in [1.82, 2.24) is 5.32 Å². The van der Waals surface area contributed by atoms with Crippen LogP contribution in [0.1, 0.15) is 45.4 Å². The molecule has 0 bridgehead atoms. The summed E-state index contributed by atoms with van der Waals surface area (Å²) in [5.74, 6) is -0.765. The highest BCUT2D eigenvalue weighted by molar-refractivity contribution is 7.80. The van der Waals surface area contributed by atoms with Crippen LogP contribution in [0.5, 0.6) is 0 Å². The number of halogens is 1. The smallest absolute Gasteiger partial charge is 0.414 e. The fourth-order valence-corrected chi connectivity index (χ4v) is 3.65. The predicted octanol–water partition coefficient (Wildman–Crippen LogP) is 3.99. The molecule has 1 saturated heterocycles. The van der Waals surface area contributed by atoms with E-state index in [0.717, 1.165) is 44.9 Å². The number of hydrogen-bond acceptors (Lipinski definition) is 7. The molecule has 188 valence electrons. The van der Waals surface area contributed by atoms with Crippen molar-refractivity contribution in [1.29, 1.82) is 5.41 Å². The van der Waals surface area contributed by atoms with Gasteiger partial charge in [-0.3, -0.25) is 15.1 Å². The molecule has 34 heavy (non-hydrogen) atoms. The highest BCUT2D eigenvalue weighted by Crippen LogP contribution is 2.28. The summed E-state index contributed by atoms with van der Waals surface area (Å²) >= 11 is 4.91. The number of unbranched alkanes of at least 4 members (excludes halogenated alkanes) is 5. The summed E-state index contributed by atoms with van der Waals surface area (Å²) in [5, 5.41) is 10.7. The van der Waals surface area contributed by atoms with Crippen LogP contribution in [0.25, 0.3) is 0 Å². The predicted molar refractivity (Wildman–Crippen MR) is 132 cm³/mol. The lowest BCUT2D eigenvalue weighted by molar-refractivity contribution is -0.141. The van der Waals surface area contributed by atoms with Crippen LogP contribution in [-0.2, 0) is 19.0 Å². The molecule has 0 saturated carbocycles. The quantitative estimate of drug-likeness (QED) is 0.131. The average Bonchev–Trinajstić information content (AvgIpc) is 3.19. The number of carbonyl (C=O) groups excluding carboxylic acids is 2. The lowest BCUT2D eigenvalue weighted by Gasteiger charge is -2.21. The largest absolute Gasteiger partial charge is 0.474 e. The number of amides is 1. The van der Waals surface area contributed by atoms with Gasteiger partial charge >= 0.3 is 12.1 Å². The molecule has 1 amide bonds. The van der Waals surface area contributed by atoms with Crippen LogP contribution in [0.2, 0.25) is 0 Å². The Morgan fingerprint density at radius 1 is 1.32 bits per heavy atom. The molecule has 0 aromatic heterocycles. The average molecular weight is 497 g/mol. The van der Waals surface area contributed by atoms with E-state index in [9.17, 15) is 14.0 Å². The Hall–Kier alpha value is -2.95. The van der Waals surface area contributed by atoms with Gasteiger partial charge < -0.3 is 24.4 Å². The van der Waals surface area contributed by atoms with Crippen molar-refractivity contribution in [2.75, 3.05) is 43.2 Å². The molecule has 1 fully saturated rings. The van der Waals surface area contributed by atoms with E-state index in [1.165, 1.54) is 25.0 Å². The van der Waals surface area contributed by atoms with Crippen LogP contribution in [0.3, 0.4) is 0 Å². The highest BCUT2D eigenvalue weighted by Gasteiger charge is 2.32.